The van der Waals surface area contributed by atoms with Gasteiger partial charge in [-0.15, -0.1) is 0 Å². The van der Waals surface area contributed by atoms with Crippen LogP contribution < -0.4 is 10.7 Å². The van der Waals surface area contributed by atoms with Gasteiger partial charge in [0.1, 0.15) is 16.6 Å². The Balaban J connectivity index is 2.23. The van der Waals surface area contributed by atoms with Crippen molar-refractivity contribution in [2.45, 2.75) is 13.5 Å². The standard InChI is InChI=1S/C9H9N5O2S/c1-5-6(3-10)8(17-13-5)14(2)4-7-11-9(15)16-12-7/h4H2,1-2H3,(H,11,12,15). The number of H-pyrrole nitrogens is 1. The summed E-state index contributed by atoms with van der Waals surface area (Å²) in [6.45, 7) is 2.13. The van der Waals surface area contributed by atoms with Gasteiger partial charge in [-0.25, -0.2) is 4.79 Å². The van der Waals surface area contributed by atoms with Crippen LogP contribution >= 0.6 is 11.5 Å². The van der Waals surface area contributed by atoms with E-state index >= 15 is 0 Å². The van der Waals surface area contributed by atoms with Crippen molar-refractivity contribution in [3.63, 3.8) is 0 Å². The fourth-order valence-corrected chi connectivity index (χ4v) is 2.18. The molecular formula is C9H9N5O2S. The summed E-state index contributed by atoms with van der Waals surface area (Å²) in [5.74, 6) is -0.179. The molecule has 0 saturated heterocycles. The first-order chi connectivity index (χ1) is 8.11. The molecule has 0 amide bonds. The van der Waals surface area contributed by atoms with Crippen LogP contribution in [0, 0.1) is 18.3 Å². The molecule has 2 rings (SSSR count). The first-order valence-electron chi connectivity index (χ1n) is 4.74. The number of hydrogen-bond donors (Lipinski definition) is 1. The first-order valence-corrected chi connectivity index (χ1v) is 5.51. The van der Waals surface area contributed by atoms with Crippen molar-refractivity contribution >= 4 is 16.5 Å². The molecule has 17 heavy (non-hydrogen) atoms. The molecule has 0 spiro atoms. The Labute approximate surface area is 100 Å². The zero-order chi connectivity index (χ0) is 12.4. The smallest absolute Gasteiger partial charge is 0.357 e. The van der Waals surface area contributed by atoms with Crippen molar-refractivity contribution in [3.05, 3.63) is 27.6 Å². The lowest BCUT2D eigenvalue weighted by molar-refractivity contribution is 0.381. The second-order valence-electron chi connectivity index (χ2n) is 3.46. The van der Waals surface area contributed by atoms with Gasteiger partial charge in [-0.3, -0.25) is 9.51 Å². The molecular weight excluding hydrogens is 242 g/mol. The summed E-state index contributed by atoms with van der Waals surface area (Å²) >= 11 is 1.24. The fraction of sp³-hybridized carbons (Fsp3) is 0.333. The highest BCUT2D eigenvalue weighted by molar-refractivity contribution is 7.10. The van der Waals surface area contributed by atoms with E-state index in [9.17, 15) is 4.79 Å². The molecule has 1 N–H and O–H groups in total. The summed E-state index contributed by atoms with van der Waals surface area (Å²) in [6, 6.07) is 2.11. The largest absolute Gasteiger partial charge is 0.438 e. The lowest BCUT2D eigenvalue weighted by Crippen LogP contribution is -2.17. The molecule has 8 heteroatoms. The van der Waals surface area contributed by atoms with E-state index in [-0.39, 0.29) is 0 Å². The SMILES string of the molecule is Cc1nsc(N(C)Cc2noc(=O)[nH]2)c1C#N. The predicted molar refractivity (Wildman–Crippen MR) is 60.8 cm³/mol. The summed E-state index contributed by atoms with van der Waals surface area (Å²) in [7, 11) is 1.79. The third-order valence-electron chi connectivity index (χ3n) is 2.18. The van der Waals surface area contributed by atoms with Gasteiger partial charge in [0.15, 0.2) is 5.82 Å². The van der Waals surface area contributed by atoms with Crippen LogP contribution in [0.15, 0.2) is 9.32 Å². The second-order valence-corrected chi connectivity index (χ2v) is 4.21. The fourth-order valence-electron chi connectivity index (χ4n) is 1.37. The van der Waals surface area contributed by atoms with E-state index < -0.39 is 5.76 Å². The topological polar surface area (TPSA) is 98.8 Å². The van der Waals surface area contributed by atoms with E-state index in [1.165, 1.54) is 11.5 Å². The van der Waals surface area contributed by atoms with Gasteiger partial charge in [-0.05, 0) is 18.5 Å². The van der Waals surface area contributed by atoms with Crippen LogP contribution in [0.4, 0.5) is 5.00 Å². The van der Waals surface area contributed by atoms with Crippen LogP contribution in [0.25, 0.3) is 0 Å². The molecule has 2 heterocycles. The third-order valence-corrected chi connectivity index (χ3v) is 3.23. The summed E-state index contributed by atoms with van der Waals surface area (Å²) < 4.78 is 8.52. The van der Waals surface area contributed by atoms with E-state index in [0.29, 0.717) is 23.6 Å². The number of anilines is 1. The maximum absolute atomic E-state index is 10.8. The lowest BCUT2D eigenvalue weighted by atomic mass is 10.2. The van der Waals surface area contributed by atoms with Crippen LogP contribution in [0.2, 0.25) is 0 Å². The molecule has 88 valence electrons. The molecule has 0 radical (unpaired) electrons. The third kappa shape index (κ3) is 2.19. The van der Waals surface area contributed by atoms with Crippen LogP contribution in [-0.2, 0) is 6.54 Å². The first kappa shape index (κ1) is 11.3. The highest BCUT2D eigenvalue weighted by Gasteiger charge is 2.15. The minimum Gasteiger partial charge on any atom is -0.357 e. The van der Waals surface area contributed by atoms with E-state index in [4.69, 9.17) is 5.26 Å². The van der Waals surface area contributed by atoms with Crippen molar-refractivity contribution in [1.29, 1.82) is 5.26 Å². The minimum absolute atomic E-state index is 0.349. The van der Waals surface area contributed by atoms with Gasteiger partial charge >= 0.3 is 5.76 Å². The molecule has 0 atom stereocenters. The summed E-state index contributed by atoms with van der Waals surface area (Å²) in [5.41, 5.74) is 1.25. The van der Waals surface area contributed by atoms with Crippen LogP contribution in [0.1, 0.15) is 17.1 Å². The van der Waals surface area contributed by atoms with E-state index in [0.717, 1.165) is 5.00 Å². The Kier molecular flexibility index (Phi) is 2.93. The van der Waals surface area contributed by atoms with Gasteiger partial charge < -0.3 is 4.90 Å². The van der Waals surface area contributed by atoms with Gasteiger partial charge in [-0.2, -0.15) is 9.64 Å². The number of nitriles is 1. The van der Waals surface area contributed by atoms with Crippen LogP contribution in [-0.4, -0.2) is 21.6 Å². The minimum atomic E-state index is -0.589. The molecule has 0 aliphatic rings. The molecule has 0 aromatic carbocycles. The molecule has 0 saturated carbocycles. The van der Waals surface area contributed by atoms with Gasteiger partial charge in [-0.1, -0.05) is 5.16 Å². The molecule has 0 bridgehead atoms. The Bertz CT molecular complexity index is 620. The number of nitrogens with one attached hydrogen (secondary N) is 1. The quantitative estimate of drug-likeness (QED) is 0.859. The normalized spacial score (nSPS) is 10.2. The van der Waals surface area contributed by atoms with Crippen molar-refractivity contribution < 1.29 is 4.52 Å². The summed E-state index contributed by atoms with van der Waals surface area (Å²) in [5, 5.41) is 13.3. The maximum atomic E-state index is 10.8. The number of aromatic amines is 1. The Morgan fingerprint density at radius 1 is 1.65 bits per heavy atom. The van der Waals surface area contributed by atoms with Crippen molar-refractivity contribution in [3.8, 4) is 6.07 Å². The van der Waals surface area contributed by atoms with Crippen LogP contribution in [0.5, 0.6) is 0 Å². The van der Waals surface area contributed by atoms with Crippen molar-refractivity contribution in [2.24, 2.45) is 0 Å². The van der Waals surface area contributed by atoms with Crippen LogP contribution in [0.3, 0.4) is 0 Å². The number of rotatable bonds is 3. The van der Waals surface area contributed by atoms with Crippen molar-refractivity contribution in [2.75, 3.05) is 11.9 Å². The molecule has 0 fully saturated rings. The van der Waals surface area contributed by atoms with Gasteiger partial charge in [0.05, 0.1) is 12.2 Å². The number of aryl methyl sites for hydroxylation is 1. The zero-order valence-corrected chi connectivity index (χ0v) is 10.0. The van der Waals surface area contributed by atoms with Crippen molar-refractivity contribution in [1.82, 2.24) is 14.5 Å². The molecule has 0 aliphatic carbocycles. The van der Waals surface area contributed by atoms with Gasteiger partial charge in [0.2, 0.25) is 0 Å². The Hall–Kier alpha value is -2.14. The second kappa shape index (κ2) is 4.39. The average molecular weight is 251 g/mol. The molecule has 2 aromatic rings. The Morgan fingerprint density at radius 2 is 2.41 bits per heavy atom. The maximum Gasteiger partial charge on any atom is 0.438 e. The van der Waals surface area contributed by atoms with Gasteiger partial charge in [0.25, 0.3) is 0 Å². The molecule has 0 aliphatic heterocycles. The average Bonchev–Trinajstić information content (AvgIpc) is 2.84. The van der Waals surface area contributed by atoms with Gasteiger partial charge in [0, 0.05) is 7.05 Å². The number of nitrogens with zero attached hydrogens (tertiary/aromatic N) is 4. The van der Waals surface area contributed by atoms with E-state index in [1.807, 2.05) is 0 Å². The lowest BCUT2D eigenvalue weighted by Gasteiger charge is -2.14. The van der Waals surface area contributed by atoms with E-state index in [1.54, 1.807) is 18.9 Å². The number of aromatic nitrogens is 3. The van der Waals surface area contributed by atoms with E-state index in [2.05, 4.69) is 25.1 Å². The highest BCUT2D eigenvalue weighted by Crippen LogP contribution is 2.27. The molecule has 7 nitrogen and oxygen atoms in total. The summed E-state index contributed by atoms with van der Waals surface area (Å²) in [4.78, 5) is 15.0. The molecule has 2 aromatic heterocycles. The zero-order valence-electron chi connectivity index (χ0n) is 9.22. The highest BCUT2D eigenvalue weighted by atomic mass is 32.1. The predicted octanol–water partition coefficient (Wildman–Crippen LogP) is 0.636. The Morgan fingerprint density at radius 3 is 3.00 bits per heavy atom. The summed E-state index contributed by atoms with van der Waals surface area (Å²) in [6.07, 6.45) is 0. The molecule has 0 unspecified atom stereocenters. The monoisotopic (exact) mass is 251 g/mol. The number of hydrogen-bond acceptors (Lipinski definition) is 7.